The number of imidazole rings is 1. The Morgan fingerprint density at radius 2 is 2.00 bits per heavy atom. The Labute approximate surface area is 190 Å². The predicted octanol–water partition coefficient (Wildman–Crippen LogP) is 3.53. The van der Waals surface area contributed by atoms with Crippen molar-refractivity contribution < 1.29 is 0 Å². The van der Waals surface area contributed by atoms with Crippen LogP contribution in [0.25, 0.3) is 28.3 Å². The molecule has 1 atom stereocenters. The van der Waals surface area contributed by atoms with Gasteiger partial charge in [0.15, 0.2) is 5.65 Å². The molecule has 33 heavy (non-hydrogen) atoms. The van der Waals surface area contributed by atoms with Crippen LogP contribution in [-0.2, 0) is 19.4 Å². The Balaban J connectivity index is 1.34. The summed E-state index contributed by atoms with van der Waals surface area (Å²) in [5.74, 6) is 0.833. The number of aromatic amines is 1. The number of hydrogen-bond donors (Lipinski definition) is 3. The lowest BCUT2D eigenvalue weighted by Crippen LogP contribution is -2.18. The van der Waals surface area contributed by atoms with Crippen LogP contribution < -0.4 is 11.1 Å². The van der Waals surface area contributed by atoms with Crippen LogP contribution in [0.4, 0.5) is 5.69 Å². The predicted molar refractivity (Wildman–Crippen MR) is 128 cm³/mol. The number of rotatable bonds is 5. The highest BCUT2D eigenvalue weighted by Gasteiger charge is 2.19. The fourth-order valence-electron chi connectivity index (χ4n) is 4.49. The van der Waals surface area contributed by atoms with Gasteiger partial charge in [0.1, 0.15) is 17.8 Å². The van der Waals surface area contributed by atoms with E-state index in [1.54, 1.807) is 10.8 Å². The monoisotopic (exact) mass is 436 g/mol. The number of hydrogen-bond acceptors (Lipinski definition) is 6. The number of fused-ring (bicyclic) bond motifs is 2. The summed E-state index contributed by atoms with van der Waals surface area (Å²) in [4.78, 5) is 17.4. The Hall–Kier alpha value is -4.04. The summed E-state index contributed by atoms with van der Waals surface area (Å²) in [6, 6.07) is 16.7. The van der Waals surface area contributed by atoms with Crippen molar-refractivity contribution in [2.75, 3.05) is 5.32 Å². The summed E-state index contributed by atoms with van der Waals surface area (Å²) < 4.78 is 1.76. The molecule has 1 unspecified atom stereocenters. The second kappa shape index (κ2) is 7.83. The van der Waals surface area contributed by atoms with Crippen LogP contribution in [0.15, 0.2) is 61.1 Å². The number of aryl methyl sites for hydroxylation is 1. The Morgan fingerprint density at radius 1 is 1.09 bits per heavy atom. The van der Waals surface area contributed by atoms with Gasteiger partial charge in [-0.05, 0) is 67.3 Å². The van der Waals surface area contributed by atoms with Gasteiger partial charge in [0.05, 0.1) is 17.9 Å². The maximum atomic E-state index is 6.12. The normalized spacial score (nSPS) is 15.2. The quantitative estimate of drug-likeness (QED) is 0.389. The van der Waals surface area contributed by atoms with Crippen molar-refractivity contribution in [2.45, 2.75) is 32.4 Å². The van der Waals surface area contributed by atoms with E-state index >= 15 is 0 Å². The fraction of sp³-hybridized carbons (Fsp3) is 0.200. The molecule has 4 heterocycles. The van der Waals surface area contributed by atoms with E-state index in [-0.39, 0.29) is 6.04 Å². The van der Waals surface area contributed by atoms with Gasteiger partial charge in [-0.1, -0.05) is 12.1 Å². The molecule has 0 saturated carbocycles. The lowest BCUT2D eigenvalue weighted by Gasteiger charge is -2.07. The van der Waals surface area contributed by atoms with E-state index in [2.05, 4.69) is 38.6 Å². The number of H-pyrrole nitrogens is 1. The van der Waals surface area contributed by atoms with Gasteiger partial charge in [0, 0.05) is 29.2 Å². The molecule has 0 bridgehead atoms. The van der Waals surface area contributed by atoms with E-state index in [9.17, 15) is 0 Å². The third-order valence-corrected chi connectivity index (χ3v) is 6.08. The molecule has 164 valence electrons. The van der Waals surface area contributed by atoms with Crippen molar-refractivity contribution in [3.8, 4) is 22.6 Å². The van der Waals surface area contributed by atoms with Crippen molar-refractivity contribution in [3.63, 3.8) is 0 Å². The summed E-state index contributed by atoms with van der Waals surface area (Å²) in [6.07, 6.45) is 5.40. The first-order valence-corrected chi connectivity index (χ1v) is 11.1. The number of nitrogens with one attached hydrogen (secondary N) is 2. The van der Waals surface area contributed by atoms with Crippen LogP contribution in [0.2, 0.25) is 0 Å². The summed E-state index contributed by atoms with van der Waals surface area (Å²) in [5.41, 5.74) is 15.1. The summed E-state index contributed by atoms with van der Waals surface area (Å²) >= 11 is 0. The fourth-order valence-corrected chi connectivity index (χ4v) is 4.49. The molecular formula is C25H24N8. The zero-order valence-electron chi connectivity index (χ0n) is 18.3. The van der Waals surface area contributed by atoms with E-state index in [0.717, 1.165) is 58.3 Å². The van der Waals surface area contributed by atoms with Crippen molar-refractivity contribution in [2.24, 2.45) is 5.73 Å². The molecule has 0 fully saturated rings. The molecule has 1 aromatic carbocycles. The highest BCUT2D eigenvalue weighted by Crippen LogP contribution is 2.30. The SMILES string of the molecule is Cc1cccc(-c2nc(CNc3ccc4c(c3)CC(N)C4)[nH]c2-c2ccc3ncnn3c2)n1. The zero-order chi connectivity index (χ0) is 22.4. The minimum Gasteiger partial charge on any atom is -0.378 e. The number of aromatic nitrogens is 6. The zero-order valence-corrected chi connectivity index (χ0v) is 18.3. The first-order chi connectivity index (χ1) is 16.1. The number of anilines is 1. The second-order valence-electron chi connectivity index (χ2n) is 8.56. The highest BCUT2D eigenvalue weighted by atomic mass is 15.3. The summed E-state index contributed by atoms with van der Waals surface area (Å²) in [6.45, 7) is 2.55. The summed E-state index contributed by atoms with van der Waals surface area (Å²) in [7, 11) is 0. The summed E-state index contributed by atoms with van der Waals surface area (Å²) in [5, 5.41) is 7.78. The minimum atomic E-state index is 0.231. The molecule has 0 amide bonds. The van der Waals surface area contributed by atoms with Gasteiger partial charge in [0.2, 0.25) is 0 Å². The smallest absolute Gasteiger partial charge is 0.155 e. The van der Waals surface area contributed by atoms with Crippen LogP contribution in [0.1, 0.15) is 22.6 Å². The van der Waals surface area contributed by atoms with Crippen molar-refractivity contribution >= 4 is 11.3 Å². The van der Waals surface area contributed by atoms with E-state index in [1.807, 2.05) is 43.5 Å². The molecule has 0 spiro atoms. The second-order valence-corrected chi connectivity index (χ2v) is 8.56. The van der Waals surface area contributed by atoms with E-state index in [1.165, 1.54) is 11.1 Å². The third-order valence-electron chi connectivity index (χ3n) is 6.08. The number of pyridine rings is 2. The van der Waals surface area contributed by atoms with Gasteiger partial charge in [-0.25, -0.2) is 14.5 Å². The highest BCUT2D eigenvalue weighted by molar-refractivity contribution is 5.77. The molecule has 8 heteroatoms. The van der Waals surface area contributed by atoms with Gasteiger partial charge >= 0.3 is 0 Å². The first kappa shape index (κ1) is 19.6. The van der Waals surface area contributed by atoms with Crippen LogP contribution in [0.3, 0.4) is 0 Å². The molecule has 1 aliphatic carbocycles. The van der Waals surface area contributed by atoms with E-state index in [4.69, 9.17) is 15.7 Å². The molecule has 4 N–H and O–H groups in total. The van der Waals surface area contributed by atoms with Crippen LogP contribution in [-0.4, -0.2) is 35.6 Å². The van der Waals surface area contributed by atoms with Gasteiger partial charge in [-0.15, -0.1) is 0 Å². The molecule has 6 rings (SSSR count). The number of benzene rings is 1. The van der Waals surface area contributed by atoms with E-state index < -0.39 is 0 Å². The number of nitrogens with zero attached hydrogens (tertiary/aromatic N) is 5. The molecule has 5 aromatic rings. The van der Waals surface area contributed by atoms with Crippen LogP contribution in [0, 0.1) is 6.92 Å². The van der Waals surface area contributed by atoms with Gasteiger partial charge < -0.3 is 16.0 Å². The van der Waals surface area contributed by atoms with Crippen LogP contribution in [0.5, 0.6) is 0 Å². The minimum absolute atomic E-state index is 0.231. The van der Waals surface area contributed by atoms with E-state index in [0.29, 0.717) is 6.54 Å². The molecule has 4 aromatic heterocycles. The average molecular weight is 437 g/mol. The maximum absolute atomic E-state index is 6.12. The van der Waals surface area contributed by atoms with Crippen molar-refractivity contribution in [1.82, 2.24) is 29.5 Å². The van der Waals surface area contributed by atoms with Gasteiger partial charge in [-0.3, -0.25) is 4.98 Å². The lowest BCUT2D eigenvalue weighted by atomic mass is 10.1. The molecule has 8 nitrogen and oxygen atoms in total. The largest absolute Gasteiger partial charge is 0.378 e. The maximum Gasteiger partial charge on any atom is 0.155 e. The average Bonchev–Trinajstić information content (AvgIpc) is 3.54. The van der Waals surface area contributed by atoms with Crippen molar-refractivity contribution in [3.05, 3.63) is 83.7 Å². The van der Waals surface area contributed by atoms with Gasteiger partial charge in [0.25, 0.3) is 0 Å². The standard InChI is InChI=1S/C25H24N8/c1-15-3-2-4-21(30-15)25-24(17-6-8-23-28-14-29-33(23)13-17)31-22(32-25)12-27-20-7-5-16-9-19(26)10-18(16)11-20/h2-8,11,13-14,19,27H,9-10,12,26H2,1H3,(H,31,32). The van der Waals surface area contributed by atoms with Gasteiger partial charge in [-0.2, -0.15) is 5.10 Å². The molecular weight excluding hydrogens is 412 g/mol. The number of nitrogens with two attached hydrogens (primary N) is 1. The Morgan fingerprint density at radius 3 is 2.91 bits per heavy atom. The topological polar surface area (TPSA) is 110 Å². The molecule has 0 saturated heterocycles. The Bertz CT molecular complexity index is 1460. The third kappa shape index (κ3) is 3.74. The molecule has 0 aliphatic heterocycles. The van der Waals surface area contributed by atoms with Crippen molar-refractivity contribution in [1.29, 1.82) is 0 Å². The Kier molecular flexibility index (Phi) is 4.66. The molecule has 1 aliphatic rings. The van der Waals surface area contributed by atoms with Crippen LogP contribution >= 0.6 is 0 Å². The molecule has 0 radical (unpaired) electrons. The lowest BCUT2D eigenvalue weighted by molar-refractivity contribution is 0.721. The first-order valence-electron chi connectivity index (χ1n) is 11.1.